The van der Waals surface area contributed by atoms with Crippen LogP contribution in [-0.4, -0.2) is 29.0 Å². The van der Waals surface area contributed by atoms with Crippen molar-refractivity contribution in [1.29, 1.82) is 0 Å². The van der Waals surface area contributed by atoms with E-state index in [4.69, 9.17) is 11.6 Å². The molecule has 4 nitrogen and oxygen atoms in total. The molecule has 2 aromatic rings. The van der Waals surface area contributed by atoms with Crippen molar-refractivity contribution in [2.24, 2.45) is 0 Å². The van der Waals surface area contributed by atoms with E-state index in [9.17, 15) is 9.59 Å². The van der Waals surface area contributed by atoms with E-state index in [0.717, 1.165) is 10.5 Å². The lowest BCUT2D eigenvalue weighted by Crippen LogP contribution is -2.36. The summed E-state index contributed by atoms with van der Waals surface area (Å²) in [7, 11) is 1.78. The van der Waals surface area contributed by atoms with Gasteiger partial charge in [-0.3, -0.25) is 9.59 Å². The standard InChI is InChI=1S/C19H19ClN2O2S/c1-12(13-6-4-3-5-7-13)22(2)18(23)11-17-19(24)21-15-10-14(20)8-9-16(15)25-17/h3-10,12,17H,11H2,1-2H3,(H,21,24)/t12-,17+/m1/s1. The van der Waals surface area contributed by atoms with E-state index in [1.54, 1.807) is 24.1 Å². The molecule has 1 N–H and O–H groups in total. The Morgan fingerprint density at radius 1 is 1.28 bits per heavy atom. The molecule has 1 heterocycles. The van der Waals surface area contributed by atoms with Crippen molar-refractivity contribution >= 4 is 40.9 Å². The molecule has 25 heavy (non-hydrogen) atoms. The average molecular weight is 375 g/mol. The summed E-state index contributed by atoms with van der Waals surface area (Å²) < 4.78 is 0. The maximum atomic E-state index is 12.6. The third kappa shape index (κ3) is 3.99. The quantitative estimate of drug-likeness (QED) is 0.864. The first kappa shape index (κ1) is 17.8. The molecular formula is C19H19ClN2O2S. The maximum absolute atomic E-state index is 12.6. The number of amides is 2. The largest absolute Gasteiger partial charge is 0.339 e. The number of anilines is 1. The van der Waals surface area contributed by atoms with Crippen LogP contribution in [0.3, 0.4) is 0 Å². The van der Waals surface area contributed by atoms with Gasteiger partial charge in [0.15, 0.2) is 0 Å². The molecule has 0 aromatic heterocycles. The van der Waals surface area contributed by atoms with Gasteiger partial charge in [0.2, 0.25) is 11.8 Å². The average Bonchev–Trinajstić information content (AvgIpc) is 2.62. The Morgan fingerprint density at radius 2 is 2.00 bits per heavy atom. The molecule has 0 spiro atoms. The Kier molecular flexibility index (Phi) is 5.35. The first-order chi connectivity index (χ1) is 12.0. The van der Waals surface area contributed by atoms with Crippen LogP contribution in [0.5, 0.6) is 0 Å². The van der Waals surface area contributed by atoms with Gasteiger partial charge in [0.05, 0.1) is 17.0 Å². The van der Waals surface area contributed by atoms with Crippen LogP contribution in [0.2, 0.25) is 5.02 Å². The molecule has 1 aliphatic rings. The second kappa shape index (κ2) is 7.50. The molecular weight excluding hydrogens is 356 g/mol. The van der Waals surface area contributed by atoms with Crippen molar-refractivity contribution in [3.05, 3.63) is 59.1 Å². The topological polar surface area (TPSA) is 49.4 Å². The van der Waals surface area contributed by atoms with Crippen LogP contribution >= 0.6 is 23.4 Å². The Balaban J connectivity index is 1.68. The molecule has 0 bridgehead atoms. The summed E-state index contributed by atoms with van der Waals surface area (Å²) in [5.74, 6) is -0.213. The van der Waals surface area contributed by atoms with Gasteiger partial charge >= 0.3 is 0 Å². The molecule has 2 amide bonds. The molecule has 2 aromatic carbocycles. The van der Waals surface area contributed by atoms with Gasteiger partial charge in [-0.15, -0.1) is 11.8 Å². The van der Waals surface area contributed by atoms with Crippen LogP contribution < -0.4 is 5.32 Å². The highest BCUT2D eigenvalue weighted by atomic mass is 35.5. The Labute approximate surface area is 156 Å². The number of halogens is 1. The molecule has 3 rings (SSSR count). The lowest BCUT2D eigenvalue weighted by molar-refractivity contribution is -0.133. The zero-order valence-electron chi connectivity index (χ0n) is 14.0. The van der Waals surface area contributed by atoms with E-state index < -0.39 is 5.25 Å². The molecule has 0 radical (unpaired) electrons. The minimum absolute atomic E-state index is 0.0450. The van der Waals surface area contributed by atoms with Crippen molar-refractivity contribution in [1.82, 2.24) is 4.90 Å². The van der Waals surface area contributed by atoms with Gasteiger partial charge in [0.25, 0.3) is 0 Å². The minimum atomic E-state index is -0.438. The van der Waals surface area contributed by atoms with Gasteiger partial charge in [-0.25, -0.2) is 0 Å². The first-order valence-corrected chi connectivity index (χ1v) is 9.29. The monoisotopic (exact) mass is 374 g/mol. The van der Waals surface area contributed by atoms with E-state index in [0.29, 0.717) is 10.7 Å². The summed E-state index contributed by atoms with van der Waals surface area (Å²) in [6, 6.07) is 15.2. The summed E-state index contributed by atoms with van der Waals surface area (Å²) in [5, 5.41) is 2.98. The Morgan fingerprint density at radius 3 is 2.72 bits per heavy atom. The van der Waals surface area contributed by atoms with E-state index in [1.807, 2.05) is 43.3 Å². The summed E-state index contributed by atoms with van der Waals surface area (Å²) in [5.41, 5.74) is 1.77. The third-order valence-electron chi connectivity index (χ3n) is 4.38. The Bertz CT molecular complexity index is 797. The predicted molar refractivity (Wildman–Crippen MR) is 102 cm³/mol. The maximum Gasteiger partial charge on any atom is 0.238 e. The van der Waals surface area contributed by atoms with Crippen LogP contribution in [0.4, 0.5) is 5.69 Å². The van der Waals surface area contributed by atoms with Gasteiger partial charge < -0.3 is 10.2 Å². The van der Waals surface area contributed by atoms with E-state index in [-0.39, 0.29) is 24.3 Å². The number of thioether (sulfide) groups is 1. The number of rotatable bonds is 4. The summed E-state index contributed by atoms with van der Waals surface area (Å²) in [6.45, 7) is 1.98. The molecule has 6 heteroatoms. The molecule has 130 valence electrons. The van der Waals surface area contributed by atoms with Crippen molar-refractivity contribution in [3.63, 3.8) is 0 Å². The molecule has 0 fully saturated rings. The van der Waals surface area contributed by atoms with Crippen LogP contribution in [0.15, 0.2) is 53.4 Å². The number of carbonyl (C=O) groups excluding carboxylic acids is 2. The molecule has 1 aliphatic heterocycles. The lowest BCUT2D eigenvalue weighted by Gasteiger charge is -2.29. The van der Waals surface area contributed by atoms with E-state index >= 15 is 0 Å². The molecule has 0 saturated heterocycles. The number of hydrogen-bond acceptors (Lipinski definition) is 3. The zero-order valence-corrected chi connectivity index (χ0v) is 15.6. The van der Waals surface area contributed by atoms with E-state index in [2.05, 4.69) is 5.32 Å². The number of fused-ring (bicyclic) bond motifs is 1. The smallest absolute Gasteiger partial charge is 0.238 e. The van der Waals surface area contributed by atoms with Crippen molar-refractivity contribution in [2.45, 2.75) is 29.5 Å². The number of nitrogens with one attached hydrogen (secondary N) is 1. The highest BCUT2D eigenvalue weighted by Crippen LogP contribution is 2.38. The second-order valence-electron chi connectivity index (χ2n) is 6.03. The third-order valence-corrected chi connectivity index (χ3v) is 5.89. The molecule has 0 saturated carbocycles. The van der Waals surface area contributed by atoms with Gasteiger partial charge in [-0.2, -0.15) is 0 Å². The van der Waals surface area contributed by atoms with Crippen LogP contribution in [-0.2, 0) is 9.59 Å². The second-order valence-corrected chi connectivity index (χ2v) is 7.71. The summed E-state index contributed by atoms with van der Waals surface area (Å²) in [4.78, 5) is 27.6. The summed E-state index contributed by atoms with van der Waals surface area (Å²) >= 11 is 7.37. The fourth-order valence-corrected chi connectivity index (χ4v) is 3.98. The number of nitrogens with zero attached hydrogens (tertiary/aromatic N) is 1. The Hall–Kier alpha value is -1.98. The van der Waals surface area contributed by atoms with Crippen molar-refractivity contribution < 1.29 is 9.59 Å². The lowest BCUT2D eigenvalue weighted by atomic mass is 10.1. The highest BCUT2D eigenvalue weighted by Gasteiger charge is 2.31. The molecule has 0 unspecified atom stereocenters. The van der Waals surface area contributed by atoms with Gasteiger partial charge in [-0.05, 0) is 30.7 Å². The first-order valence-electron chi connectivity index (χ1n) is 8.03. The van der Waals surface area contributed by atoms with Crippen molar-refractivity contribution in [2.75, 3.05) is 12.4 Å². The van der Waals surface area contributed by atoms with Crippen molar-refractivity contribution in [3.8, 4) is 0 Å². The highest BCUT2D eigenvalue weighted by molar-refractivity contribution is 8.01. The molecule has 2 atom stereocenters. The number of hydrogen-bond donors (Lipinski definition) is 1. The number of carbonyl (C=O) groups is 2. The number of benzene rings is 2. The molecule has 0 aliphatic carbocycles. The fourth-order valence-electron chi connectivity index (χ4n) is 2.73. The van der Waals surface area contributed by atoms with Gasteiger partial charge in [0.1, 0.15) is 0 Å². The minimum Gasteiger partial charge on any atom is -0.339 e. The SMILES string of the molecule is C[C@H](c1ccccc1)N(C)C(=O)C[C@@H]1Sc2ccc(Cl)cc2NC1=O. The summed E-state index contributed by atoms with van der Waals surface area (Å²) in [6.07, 6.45) is 0.159. The fraction of sp³-hybridized carbons (Fsp3) is 0.263. The van der Waals surface area contributed by atoms with Crippen LogP contribution in [0.1, 0.15) is 24.9 Å². The van der Waals surface area contributed by atoms with Gasteiger partial charge in [0, 0.05) is 23.4 Å². The van der Waals surface area contributed by atoms with Crippen LogP contribution in [0.25, 0.3) is 0 Å². The van der Waals surface area contributed by atoms with Gasteiger partial charge in [-0.1, -0.05) is 41.9 Å². The predicted octanol–water partition coefficient (Wildman–Crippen LogP) is 4.36. The van der Waals surface area contributed by atoms with E-state index in [1.165, 1.54) is 11.8 Å². The van der Waals surface area contributed by atoms with Crippen LogP contribution in [0, 0.1) is 0 Å². The normalized spacial score (nSPS) is 17.4. The zero-order chi connectivity index (χ0) is 18.0.